The molecule has 0 radical (unpaired) electrons. The molecule has 0 fully saturated rings. The van der Waals surface area contributed by atoms with Crippen molar-refractivity contribution < 1.29 is 9.53 Å². The van der Waals surface area contributed by atoms with Crippen molar-refractivity contribution in [1.29, 1.82) is 10.5 Å². The highest BCUT2D eigenvalue weighted by Gasteiger charge is 2.15. The second-order valence-corrected chi connectivity index (χ2v) is 8.25. The van der Waals surface area contributed by atoms with Gasteiger partial charge < -0.3 is 4.74 Å². The Hall–Kier alpha value is -4.78. The first kappa shape index (κ1) is 24.3. The molecule has 36 heavy (non-hydrogen) atoms. The number of rotatable bonds is 7. The van der Waals surface area contributed by atoms with Gasteiger partial charge in [-0.25, -0.2) is 0 Å². The molecule has 6 nitrogen and oxygen atoms in total. The van der Waals surface area contributed by atoms with E-state index < -0.39 is 6.10 Å². The first-order valence-electron chi connectivity index (χ1n) is 11.0. The smallest absolute Gasteiger partial charge is 0.153 e. The maximum Gasteiger partial charge on any atom is 0.153 e. The van der Waals surface area contributed by atoms with E-state index in [0.29, 0.717) is 45.0 Å². The van der Waals surface area contributed by atoms with Crippen LogP contribution >= 0.6 is 11.6 Å². The van der Waals surface area contributed by atoms with Crippen molar-refractivity contribution in [3.63, 3.8) is 0 Å². The lowest BCUT2D eigenvalue weighted by Crippen LogP contribution is -2.06. The molecule has 4 aromatic rings. The van der Waals surface area contributed by atoms with E-state index in [-0.39, 0.29) is 5.56 Å². The molecule has 0 aliphatic rings. The van der Waals surface area contributed by atoms with Gasteiger partial charge in [0, 0.05) is 34.7 Å². The SMILES string of the molecule is CC(Oc1cc(/C=C/c2nccc(-c3ccccc3)c2C#N)c(Cl)cc1C=O)c1cncc(C#N)c1. The van der Waals surface area contributed by atoms with E-state index in [1.165, 1.54) is 12.3 Å². The summed E-state index contributed by atoms with van der Waals surface area (Å²) in [5.74, 6) is 0.329. The zero-order valence-corrected chi connectivity index (χ0v) is 20.0. The van der Waals surface area contributed by atoms with Gasteiger partial charge in [-0.3, -0.25) is 14.8 Å². The summed E-state index contributed by atoms with van der Waals surface area (Å²) in [6, 6.07) is 20.6. The van der Waals surface area contributed by atoms with Crippen molar-refractivity contribution in [3.05, 3.63) is 112 Å². The van der Waals surface area contributed by atoms with Crippen LogP contribution in [0.3, 0.4) is 0 Å². The number of aromatic nitrogens is 2. The zero-order chi connectivity index (χ0) is 25.5. The Bertz CT molecular complexity index is 1540. The Morgan fingerprint density at radius 3 is 2.53 bits per heavy atom. The minimum Gasteiger partial charge on any atom is -0.485 e. The highest BCUT2D eigenvalue weighted by molar-refractivity contribution is 6.32. The molecule has 1 atom stereocenters. The number of pyridine rings is 2. The average molecular weight is 491 g/mol. The zero-order valence-electron chi connectivity index (χ0n) is 19.2. The molecule has 2 aromatic heterocycles. The summed E-state index contributed by atoms with van der Waals surface area (Å²) in [5.41, 5.74) is 4.61. The Kier molecular flexibility index (Phi) is 7.51. The number of hydrogen-bond donors (Lipinski definition) is 0. The second-order valence-electron chi connectivity index (χ2n) is 7.84. The molecule has 0 saturated heterocycles. The first-order chi connectivity index (χ1) is 17.5. The summed E-state index contributed by atoms with van der Waals surface area (Å²) < 4.78 is 6.05. The van der Waals surface area contributed by atoms with Crippen molar-refractivity contribution in [2.24, 2.45) is 0 Å². The average Bonchev–Trinajstić information content (AvgIpc) is 2.93. The van der Waals surface area contributed by atoms with Crippen molar-refractivity contribution in [2.45, 2.75) is 13.0 Å². The summed E-state index contributed by atoms with van der Waals surface area (Å²) in [4.78, 5) is 20.1. The lowest BCUT2D eigenvalue weighted by atomic mass is 9.99. The van der Waals surface area contributed by atoms with Crippen molar-refractivity contribution in [3.8, 4) is 29.0 Å². The van der Waals surface area contributed by atoms with Crippen LogP contribution in [0, 0.1) is 22.7 Å². The molecule has 2 heterocycles. The third-order valence-corrected chi connectivity index (χ3v) is 5.84. The largest absolute Gasteiger partial charge is 0.485 e. The van der Waals surface area contributed by atoms with E-state index in [4.69, 9.17) is 21.6 Å². The fourth-order valence-corrected chi connectivity index (χ4v) is 3.89. The molecular formula is C29H19ClN4O2. The van der Waals surface area contributed by atoms with E-state index in [0.717, 1.165) is 11.1 Å². The quantitative estimate of drug-likeness (QED) is 0.268. The standard InChI is InChI=1S/C29H19ClN4O2/c1-19(23-11-20(14-31)16-33-17-23)36-29-13-22(27(30)12-24(29)18-35)7-8-28-26(15-32)25(9-10-34-28)21-5-3-2-4-6-21/h2-13,16-19H,1H3/b8-7+. The topological polar surface area (TPSA) is 99.7 Å². The molecule has 4 rings (SSSR count). The highest BCUT2D eigenvalue weighted by atomic mass is 35.5. The van der Waals surface area contributed by atoms with Gasteiger partial charge >= 0.3 is 0 Å². The molecule has 0 bridgehead atoms. The van der Waals surface area contributed by atoms with Crippen LogP contribution in [-0.2, 0) is 0 Å². The Morgan fingerprint density at radius 1 is 1.00 bits per heavy atom. The number of hydrogen-bond acceptors (Lipinski definition) is 6. The van der Waals surface area contributed by atoms with Gasteiger partial charge in [0.25, 0.3) is 0 Å². The van der Waals surface area contributed by atoms with Gasteiger partial charge in [-0.2, -0.15) is 10.5 Å². The van der Waals surface area contributed by atoms with Crippen LogP contribution in [0.5, 0.6) is 5.75 Å². The van der Waals surface area contributed by atoms with E-state index in [1.54, 1.807) is 49.7 Å². The van der Waals surface area contributed by atoms with Crippen LogP contribution in [0.4, 0.5) is 0 Å². The summed E-state index contributed by atoms with van der Waals surface area (Å²) in [6.07, 6.45) is 8.36. The van der Waals surface area contributed by atoms with E-state index in [2.05, 4.69) is 22.1 Å². The van der Waals surface area contributed by atoms with Gasteiger partial charge in [-0.15, -0.1) is 0 Å². The van der Waals surface area contributed by atoms with Crippen molar-refractivity contribution >= 4 is 30.0 Å². The molecule has 0 aliphatic heterocycles. The summed E-state index contributed by atoms with van der Waals surface area (Å²) in [6.45, 7) is 1.80. The van der Waals surface area contributed by atoms with Gasteiger partial charge in [0.2, 0.25) is 0 Å². The second kappa shape index (κ2) is 11.1. The fraction of sp³-hybridized carbons (Fsp3) is 0.0690. The normalized spacial score (nSPS) is 11.4. The molecule has 0 N–H and O–H groups in total. The lowest BCUT2D eigenvalue weighted by Gasteiger charge is -2.17. The molecule has 0 amide bonds. The number of halogens is 1. The van der Waals surface area contributed by atoms with Crippen LogP contribution in [0.15, 0.2) is 73.2 Å². The number of nitriles is 2. The third-order valence-electron chi connectivity index (χ3n) is 5.52. The monoisotopic (exact) mass is 490 g/mol. The molecule has 2 aromatic carbocycles. The molecular weight excluding hydrogens is 472 g/mol. The van der Waals surface area contributed by atoms with Crippen LogP contribution < -0.4 is 4.74 Å². The Labute approximate surface area is 213 Å². The maximum atomic E-state index is 11.7. The molecule has 7 heteroatoms. The van der Waals surface area contributed by atoms with Crippen molar-refractivity contribution in [2.75, 3.05) is 0 Å². The van der Waals surface area contributed by atoms with Crippen LogP contribution in [0.2, 0.25) is 5.02 Å². The predicted octanol–water partition coefficient (Wildman–Crippen LogP) is 6.66. The van der Waals surface area contributed by atoms with Crippen LogP contribution in [0.25, 0.3) is 23.3 Å². The van der Waals surface area contributed by atoms with Gasteiger partial charge in [-0.1, -0.05) is 48.0 Å². The number of carbonyl (C=O) groups excluding carboxylic acids is 1. The number of benzene rings is 2. The van der Waals surface area contributed by atoms with E-state index >= 15 is 0 Å². The van der Waals surface area contributed by atoms with Gasteiger partial charge in [0.05, 0.1) is 22.4 Å². The molecule has 0 spiro atoms. The summed E-state index contributed by atoms with van der Waals surface area (Å²) in [7, 11) is 0. The number of nitrogens with zero attached hydrogens (tertiary/aromatic N) is 4. The van der Waals surface area contributed by atoms with Crippen LogP contribution in [-0.4, -0.2) is 16.3 Å². The summed E-state index contributed by atoms with van der Waals surface area (Å²) >= 11 is 6.44. The predicted molar refractivity (Wildman–Crippen MR) is 138 cm³/mol. The maximum absolute atomic E-state index is 11.7. The van der Waals surface area contributed by atoms with Gasteiger partial charge in [-0.05, 0) is 48.4 Å². The number of aldehydes is 1. The highest BCUT2D eigenvalue weighted by Crippen LogP contribution is 2.32. The molecule has 0 aliphatic carbocycles. The number of carbonyl (C=O) groups is 1. The third kappa shape index (κ3) is 5.31. The summed E-state index contributed by atoms with van der Waals surface area (Å²) in [5, 5.41) is 19.3. The van der Waals surface area contributed by atoms with Crippen LogP contribution in [0.1, 0.15) is 51.3 Å². The van der Waals surface area contributed by atoms with Crippen molar-refractivity contribution in [1.82, 2.24) is 9.97 Å². The van der Waals surface area contributed by atoms with Gasteiger partial charge in [0.15, 0.2) is 6.29 Å². The fourth-order valence-electron chi connectivity index (χ4n) is 3.65. The minimum atomic E-state index is -0.475. The lowest BCUT2D eigenvalue weighted by molar-refractivity contribution is 0.111. The minimum absolute atomic E-state index is 0.287. The van der Waals surface area contributed by atoms with Gasteiger partial charge in [0.1, 0.15) is 24.0 Å². The first-order valence-corrected chi connectivity index (χ1v) is 11.3. The number of ether oxygens (including phenoxy) is 1. The Balaban J connectivity index is 1.68. The van der Waals surface area contributed by atoms with E-state index in [1.807, 2.05) is 30.3 Å². The molecule has 1 unspecified atom stereocenters. The Morgan fingerprint density at radius 2 is 1.81 bits per heavy atom. The molecule has 174 valence electrons. The molecule has 0 saturated carbocycles. The van der Waals surface area contributed by atoms with E-state index in [9.17, 15) is 10.1 Å².